The molecule has 2 N–H and O–H groups in total. The van der Waals surface area contributed by atoms with Crippen LogP contribution in [-0.4, -0.2) is 11.6 Å². The van der Waals surface area contributed by atoms with E-state index in [0.29, 0.717) is 28.8 Å². The highest BCUT2D eigenvalue weighted by Crippen LogP contribution is 2.28. The normalized spacial score (nSPS) is 14.9. The Morgan fingerprint density at radius 3 is 2.33 bits per heavy atom. The molecular formula is C15H17NO2. The molecule has 0 amide bonds. The predicted molar refractivity (Wildman–Crippen MR) is 71.0 cm³/mol. The lowest BCUT2D eigenvalue weighted by Crippen LogP contribution is -2.26. The van der Waals surface area contributed by atoms with E-state index in [1.165, 1.54) is 0 Å². The molecule has 1 aliphatic carbocycles. The SMILES string of the molecule is CCCCCC1=C(N)c2ccccc2C(=O)C1=O. The first-order valence-electron chi connectivity index (χ1n) is 6.33. The number of hydrogen-bond donors (Lipinski definition) is 1. The maximum Gasteiger partial charge on any atom is 0.233 e. The van der Waals surface area contributed by atoms with Crippen molar-refractivity contribution in [1.29, 1.82) is 0 Å². The average molecular weight is 243 g/mol. The minimum absolute atomic E-state index is 0.425. The van der Waals surface area contributed by atoms with Gasteiger partial charge in [0.25, 0.3) is 0 Å². The number of hydrogen-bond acceptors (Lipinski definition) is 3. The summed E-state index contributed by atoms with van der Waals surface area (Å²) >= 11 is 0. The molecule has 0 heterocycles. The number of Topliss-reactive ketones (excluding diaryl/α,β-unsaturated/α-hetero) is 2. The van der Waals surface area contributed by atoms with E-state index in [0.717, 1.165) is 19.3 Å². The van der Waals surface area contributed by atoms with Crippen molar-refractivity contribution in [2.24, 2.45) is 5.73 Å². The Morgan fingerprint density at radius 2 is 1.67 bits per heavy atom. The van der Waals surface area contributed by atoms with Gasteiger partial charge in [-0.15, -0.1) is 0 Å². The third-order valence-corrected chi connectivity index (χ3v) is 3.30. The molecule has 0 saturated carbocycles. The summed E-state index contributed by atoms with van der Waals surface area (Å²) in [6.45, 7) is 2.10. The van der Waals surface area contributed by atoms with Crippen LogP contribution in [0.25, 0.3) is 5.70 Å². The molecule has 0 fully saturated rings. The minimum atomic E-state index is -0.428. The van der Waals surface area contributed by atoms with Crippen molar-refractivity contribution < 1.29 is 9.59 Å². The fourth-order valence-electron chi connectivity index (χ4n) is 2.26. The van der Waals surface area contributed by atoms with Gasteiger partial charge in [0.1, 0.15) is 0 Å². The van der Waals surface area contributed by atoms with Gasteiger partial charge in [-0.25, -0.2) is 0 Å². The summed E-state index contributed by atoms with van der Waals surface area (Å²) in [6, 6.07) is 7.04. The molecule has 2 rings (SSSR count). The van der Waals surface area contributed by atoms with Crippen molar-refractivity contribution in [2.45, 2.75) is 32.6 Å². The van der Waals surface area contributed by atoms with E-state index >= 15 is 0 Å². The number of carbonyl (C=O) groups excluding carboxylic acids is 2. The van der Waals surface area contributed by atoms with Crippen LogP contribution in [-0.2, 0) is 4.79 Å². The van der Waals surface area contributed by atoms with Gasteiger partial charge in [-0.05, 0) is 12.8 Å². The summed E-state index contributed by atoms with van der Waals surface area (Å²) in [5, 5.41) is 0. The second kappa shape index (κ2) is 5.17. The molecule has 0 saturated heterocycles. The van der Waals surface area contributed by atoms with Gasteiger partial charge in [-0.2, -0.15) is 0 Å². The van der Waals surface area contributed by atoms with E-state index in [9.17, 15) is 9.59 Å². The Balaban J connectivity index is 2.39. The first-order chi connectivity index (χ1) is 8.66. The van der Waals surface area contributed by atoms with Crippen LogP contribution in [0, 0.1) is 0 Å². The van der Waals surface area contributed by atoms with Crippen LogP contribution in [0.15, 0.2) is 29.8 Å². The first-order valence-corrected chi connectivity index (χ1v) is 6.33. The van der Waals surface area contributed by atoms with Gasteiger partial charge < -0.3 is 5.73 Å². The van der Waals surface area contributed by atoms with Crippen LogP contribution in [0.3, 0.4) is 0 Å². The second-order valence-electron chi connectivity index (χ2n) is 4.55. The maximum absolute atomic E-state index is 12.0. The fourth-order valence-corrected chi connectivity index (χ4v) is 2.26. The van der Waals surface area contributed by atoms with Crippen LogP contribution in [0.4, 0.5) is 0 Å². The molecule has 1 aliphatic rings. The van der Waals surface area contributed by atoms with E-state index in [2.05, 4.69) is 6.92 Å². The summed E-state index contributed by atoms with van der Waals surface area (Å²) in [4.78, 5) is 24.0. The van der Waals surface area contributed by atoms with Crippen molar-refractivity contribution in [3.8, 4) is 0 Å². The summed E-state index contributed by atoms with van der Waals surface area (Å²) < 4.78 is 0. The number of unbranched alkanes of at least 4 members (excludes halogenated alkanes) is 2. The lowest BCUT2D eigenvalue weighted by Gasteiger charge is -2.18. The van der Waals surface area contributed by atoms with Gasteiger partial charge >= 0.3 is 0 Å². The smallest absolute Gasteiger partial charge is 0.233 e. The summed E-state index contributed by atoms with van der Waals surface area (Å²) in [6.07, 6.45) is 3.61. The molecule has 0 bridgehead atoms. The van der Waals surface area contributed by atoms with Crippen LogP contribution < -0.4 is 5.73 Å². The molecule has 0 spiro atoms. The largest absolute Gasteiger partial charge is 0.398 e. The zero-order valence-electron chi connectivity index (χ0n) is 10.5. The number of allylic oxidation sites excluding steroid dienone is 1. The van der Waals surface area contributed by atoms with Gasteiger partial charge in [0, 0.05) is 22.4 Å². The van der Waals surface area contributed by atoms with E-state index in [4.69, 9.17) is 5.73 Å². The van der Waals surface area contributed by atoms with Crippen molar-refractivity contribution in [1.82, 2.24) is 0 Å². The highest BCUT2D eigenvalue weighted by Gasteiger charge is 2.30. The van der Waals surface area contributed by atoms with E-state index in [-0.39, 0.29) is 0 Å². The zero-order valence-corrected chi connectivity index (χ0v) is 10.5. The van der Waals surface area contributed by atoms with E-state index in [1.807, 2.05) is 6.07 Å². The number of rotatable bonds is 4. The third kappa shape index (κ3) is 2.08. The molecule has 1 aromatic rings. The van der Waals surface area contributed by atoms with Crippen molar-refractivity contribution in [2.75, 3.05) is 0 Å². The lowest BCUT2D eigenvalue weighted by atomic mass is 9.85. The fraction of sp³-hybridized carbons (Fsp3) is 0.333. The van der Waals surface area contributed by atoms with Gasteiger partial charge in [0.05, 0.1) is 0 Å². The van der Waals surface area contributed by atoms with Gasteiger partial charge in [0.15, 0.2) is 0 Å². The van der Waals surface area contributed by atoms with Crippen molar-refractivity contribution in [3.63, 3.8) is 0 Å². The third-order valence-electron chi connectivity index (χ3n) is 3.30. The van der Waals surface area contributed by atoms with Gasteiger partial charge in [-0.1, -0.05) is 44.0 Å². The van der Waals surface area contributed by atoms with Gasteiger partial charge in [-0.3, -0.25) is 9.59 Å². The summed E-state index contributed by atoms with van der Waals surface area (Å²) in [5.41, 5.74) is 8.14. The lowest BCUT2D eigenvalue weighted by molar-refractivity contribution is -0.112. The molecule has 0 aromatic heterocycles. The molecule has 0 unspecified atom stereocenters. The molecular weight excluding hydrogens is 226 g/mol. The topological polar surface area (TPSA) is 60.2 Å². The quantitative estimate of drug-likeness (QED) is 0.653. The summed E-state index contributed by atoms with van der Waals surface area (Å²) in [7, 11) is 0. The van der Waals surface area contributed by atoms with Gasteiger partial charge in [0.2, 0.25) is 11.6 Å². The van der Waals surface area contributed by atoms with E-state index < -0.39 is 11.6 Å². The number of ketones is 2. The Labute approximate surface area is 107 Å². The molecule has 94 valence electrons. The molecule has 0 radical (unpaired) electrons. The monoisotopic (exact) mass is 243 g/mol. The Bertz CT molecular complexity index is 529. The van der Waals surface area contributed by atoms with E-state index in [1.54, 1.807) is 18.2 Å². The average Bonchev–Trinajstić information content (AvgIpc) is 2.40. The molecule has 3 heteroatoms. The molecule has 0 aliphatic heterocycles. The standard InChI is InChI=1S/C15H17NO2/c1-2-3-4-9-12-13(16)10-7-5-6-8-11(10)14(17)15(12)18/h5-8H,2-4,9,16H2,1H3. The Morgan fingerprint density at radius 1 is 1.00 bits per heavy atom. The number of benzene rings is 1. The second-order valence-corrected chi connectivity index (χ2v) is 4.55. The minimum Gasteiger partial charge on any atom is -0.398 e. The molecule has 1 aromatic carbocycles. The Hall–Kier alpha value is -1.90. The molecule has 0 atom stereocenters. The molecule has 3 nitrogen and oxygen atoms in total. The van der Waals surface area contributed by atoms with Crippen LogP contribution in [0.2, 0.25) is 0 Å². The number of fused-ring (bicyclic) bond motifs is 1. The predicted octanol–water partition coefficient (Wildman–Crippen LogP) is 2.70. The highest BCUT2D eigenvalue weighted by atomic mass is 16.2. The van der Waals surface area contributed by atoms with Crippen LogP contribution >= 0.6 is 0 Å². The number of carbonyl (C=O) groups is 2. The Kier molecular flexibility index (Phi) is 3.60. The van der Waals surface area contributed by atoms with Crippen LogP contribution in [0.5, 0.6) is 0 Å². The number of nitrogens with two attached hydrogens (primary N) is 1. The van der Waals surface area contributed by atoms with Crippen LogP contribution in [0.1, 0.15) is 48.5 Å². The first kappa shape index (κ1) is 12.6. The summed E-state index contributed by atoms with van der Waals surface area (Å²) in [5.74, 6) is -0.853. The maximum atomic E-state index is 12.0. The van der Waals surface area contributed by atoms with Crippen molar-refractivity contribution >= 4 is 17.3 Å². The highest BCUT2D eigenvalue weighted by molar-refractivity contribution is 6.52. The van der Waals surface area contributed by atoms with Crippen molar-refractivity contribution in [3.05, 3.63) is 41.0 Å². The zero-order chi connectivity index (χ0) is 13.1. The molecule has 18 heavy (non-hydrogen) atoms.